The maximum Gasteiger partial charge on any atom is 0.410 e. The van der Waals surface area contributed by atoms with Gasteiger partial charge in [0.15, 0.2) is 0 Å². The van der Waals surface area contributed by atoms with E-state index in [9.17, 15) is 9.90 Å². The van der Waals surface area contributed by atoms with Gasteiger partial charge >= 0.3 is 6.09 Å². The van der Waals surface area contributed by atoms with Crippen molar-refractivity contribution in [1.29, 1.82) is 0 Å². The molecule has 16 heavy (non-hydrogen) atoms. The summed E-state index contributed by atoms with van der Waals surface area (Å²) >= 11 is 0. The molecule has 94 valence electrons. The molecule has 1 amide bonds. The molecule has 1 fully saturated rings. The van der Waals surface area contributed by atoms with E-state index in [4.69, 9.17) is 9.84 Å². The zero-order valence-corrected chi connectivity index (χ0v) is 10.1. The lowest BCUT2D eigenvalue weighted by Gasteiger charge is -2.30. The molecular weight excluding hydrogens is 210 g/mol. The number of carbonyl (C=O) groups is 1. The van der Waals surface area contributed by atoms with E-state index in [2.05, 4.69) is 0 Å². The summed E-state index contributed by atoms with van der Waals surface area (Å²) in [5, 5.41) is 18.5. The average molecular weight is 231 g/mol. The van der Waals surface area contributed by atoms with Gasteiger partial charge in [-0.15, -0.1) is 0 Å². The molecule has 1 aliphatic rings. The minimum Gasteiger partial charge on any atom is -0.444 e. The summed E-state index contributed by atoms with van der Waals surface area (Å²) in [7, 11) is 0. The molecule has 5 heteroatoms. The third-order valence-electron chi connectivity index (χ3n) is 2.56. The highest BCUT2D eigenvalue weighted by Gasteiger charge is 2.35. The predicted molar refractivity (Wildman–Crippen MR) is 59.1 cm³/mol. The van der Waals surface area contributed by atoms with Crippen LogP contribution in [-0.2, 0) is 4.74 Å². The molecule has 5 nitrogen and oxygen atoms in total. The number of carbonyl (C=O) groups excluding carboxylic acids is 1. The van der Waals surface area contributed by atoms with Gasteiger partial charge in [-0.2, -0.15) is 0 Å². The first-order valence-electron chi connectivity index (χ1n) is 5.63. The summed E-state index contributed by atoms with van der Waals surface area (Å²) in [6, 6.07) is -0.320. The second kappa shape index (κ2) is 5.01. The molecule has 0 aliphatic carbocycles. The van der Waals surface area contributed by atoms with E-state index in [0.29, 0.717) is 13.0 Å². The lowest BCUT2D eigenvalue weighted by molar-refractivity contribution is -0.00623. The number of hydrogen-bond donors (Lipinski definition) is 2. The van der Waals surface area contributed by atoms with Crippen molar-refractivity contribution in [2.75, 3.05) is 13.2 Å². The zero-order valence-electron chi connectivity index (χ0n) is 10.1. The second-order valence-corrected chi connectivity index (χ2v) is 5.13. The van der Waals surface area contributed by atoms with Gasteiger partial charge in [-0.05, 0) is 33.6 Å². The smallest absolute Gasteiger partial charge is 0.410 e. The number of aliphatic hydroxyl groups excluding tert-OH is 2. The van der Waals surface area contributed by atoms with E-state index in [1.807, 2.05) is 0 Å². The number of hydrogen-bond acceptors (Lipinski definition) is 4. The van der Waals surface area contributed by atoms with E-state index >= 15 is 0 Å². The minimum atomic E-state index is -0.880. The topological polar surface area (TPSA) is 70.0 Å². The summed E-state index contributed by atoms with van der Waals surface area (Å²) in [4.78, 5) is 13.3. The zero-order chi connectivity index (χ0) is 12.3. The van der Waals surface area contributed by atoms with Gasteiger partial charge in [0.1, 0.15) is 5.60 Å². The minimum absolute atomic E-state index is 0.320. The molecule has 1 saturated heterocycles. The fourth-order valence-electron chi connectivity index (χ4n) is 1.86. The molecule has 1 unspecified atom stereocenters. The van der Waals surface area contributed by atoms with Crippen LogP contribution in [0.2, 0.25) is 0 Å². The van der Waals surface area contributed by atoms with Gasteiger partial charge in [-0.25, -0.2) is 4.79 Å². The van der Waals surface area contributed by atoms with Gasteiger partial charge in [-0.3, -0.25) is 0 Å². The molecule has 2 N–H and O–H groups in total. The lowest BCUT2D eigenvalue weighted by atomic mass is 10.1. The Balaban J connectivity index is 2.61. The van der Waals surface area contributed by atoms with Gasteiger partial charge in [-0.1, -0.05) is 0 Å². The molecule has 0 aromatic heterocycles. The summed E-state index contributed by atoms with van der Waals surface area (Å²) in [6.45, 7) is 5.66. The van der Waals surface area contributed by atoms with Crippen LogP contribution >= 0.6 is 0 Å². The van der Waals surface area contributed by atoms with Crippen LogP contribution in [0.4, 0.5) is 4.79 Å². The molecule has 0 saturated carbocycles. The van der Waals surface area contributed by atoms with E-state index in [1.165, 1.54) is 4.90 Å². The van der Waals surface area contributed by atoms with Gasteiger partial charge in [0.05, 0.1) is 18.8 Å². The number of rotatable bonds is 2. The highest BCUT2D eigenvalue weighted by molar-refractivity contribution is 5.69. The Kier molecular flexibility index (Phi) is 4.15. The SMILES string of the molecule is CC(C)(C)OC(=O)N1CCC[C@@H]1C(O)CO. The Morgan fingerprint density at radius 1 is 1.56 bits per heavy atom. The molecular formula is C11H21NO4. The molecule has 1 heterocycles. The van der Waals surface area contributed by atoms with Crippen molar-refractivity contribution in [1.82, 2.24) is 4.90 Å². The Morgan fingerprint density at radius 3 is 2.69 bits per heavy atom. The molecule has 0 spiro atoms. The van der Waals surface area contributed by atoms with Crippen LogP contribution in [0, 0.1) is 0 Å². The lowest BCUT2D eigenvalue weighted by Crippen LogP contribution is -2.46. The van der Waals surface area contributed by atoms with E-state index in [1.54, 1.807) is 20.8 Å². The van der Waals surface area contributed by atoms with Crippen LogP contribution in [0.3, 0.4) is 0 Å². The quantitative estimate of drug-likeness (QED) is 0.735. The highest BCUT2D eigenvalue weighted by atomic mass is 16.6. The number of likely N-dealkylation sites (tertiary alicyclic amines) is 1. The van der Waals surface area contributed by atoms with E-state index in [0.717, 1.165) is 6.42 Å². The van der Waals surface area contributed by atoms with E-state index < -0.39 is 17.8 Å². The maximum atomic E-state index is 11.8. The van der Waals surface area contributed by atoms with Crippen molar-refractivity contribution in [3.8, 4) is 0 Å². The van der Waals surface area contributed by atoms with Crippen LogP contribution in [0.5, 0.6) is 0 Å². The molecule has 2 atom stereocenters. The average Bonchev–Trinajstić information content (AvgIpc) is 2.62. The number of ether oxygens (including phenoxy) is 1. The number of aliphatic hydroxyl groups is 2. The summed E-state index contributed by atoms with van der Waals surface area (Å²) < 4.78 is 5.24. The third-order valence-corrected chi connectivity index (χ3v) is 2.56. The van der Waals surface area contributed by atoms with Crippen molar-refractivity contribution in [2.45, 2.75) is 51.4 Å². The van der Waals surface area contributed by atoms with Crippen LogP contribution in [0.1, 0.15) is 33.6 Å². The van der Waals surface area contributed by atoms with Crippen LogP contribution in [0.15, 0.2) is 0 Å². The summed E-state index contributed by atoms with van der Waals surface area (Å²) in [5.41, 5.74) is -0.533. The van der Waals surface area contributed by atoms with Gasteiger partial charge in [0.25, 0.3) is 0 Å². The monoisotopic (exact) mass is 231 g/mol. The highest BCUT2D eigenvalue weighted by Crippen LogP contribution is 2.22. The molecule has 0 radical (unpaired) electrons. The van der Waals surface area contributed by atoms with Crippen LogP contribution < -0.4 is 0 Å². The van der Waals surface area contributed by atoms with Crippen molar-refractivity contribution >= 4 is 6.09 Å². The fraction of sp³-hybridized carbons (Fsp3) is 0.909. The van der Waals surface area contributed by atoms with Crippen molar-refractivity contribution < 1.29 is 19.7 Å². The van der Waals surface area contributed by atoms with Gasteiger partial charge in [0.2, 0.25) is 0 Å². The van der Waals surface area contributed by atoms with E-state index in [-0.39, 0.29) is 12.6 Å². The molecule has 0 bridgehead atoms. The first-order valence-corrected chi connectivity index (χ1v) is 5.63. The van der Waals surface area contributed by atoms with Gasteiger partial charge < -0.3 is 19.8 Å². The largest absolute Gasteiger partial charge is 0.444 e. The van der Waals surface area contributed by atoms with Gasteiger partial charge in [0, 0.05) is 6.54 Å². The first-order chi connectivity index (χ1) is 7.35. The second-order valence-electron chi connectivity index (χ2n) is 5.13. The predicted octanol–water partition coefficient (Wildman–Crippen LogP) is 0.739. The molecule has 1 aliphatic heterocycles. The fourth-order valence-corrected chi connectivity index (χ4v) is 1.86. The number of nitrogens with zero attached hydrogens (tertiary/aromatic N) is 1. The Hall–Kier alpha value is -0.810. The van der Waals surface area contributed by atoms with Crippen molar-refractivity contribution in [2.24, 2.45) is 0 Å². The first kappa shape index (κ1) is 13.3. The molecule has 1 rings (SSSR count). The number of amides is 1. The third kappa shape index (κ3) is 3.35. The normalized spacial score (nSPS) is 23.3. The molecule has 0 aromatic rings. The Morgan fingerprint density at radius 2 is 2.19 bits per heavy atom. The van der Waals surface area contributed by atoms with Crippen molar-refractivity contribution in [3.05, 3.63) is 0 Å². The maximum absolute atomic E-state index is 11.8. The van der Waals surface area contributed by atoms with Crippen molar-refractivity contribution in [3.63, 3.8) is 0 Å². The van der Waals surface area contributed by atoms with Crippen LogP contribution in [-0.4, -0.2) is 52.1 Å². The molecule has 0 aromatic carbocycles. The Bertz CT molecular complexity index is 249. The standard InChI is InChI=1S/C11H21NO4/c1-11(2,3)16-10(15)12-6-4-5-8(12)9(14)7-13/h8-9,13-14H,4-7H2,1-3H3/t8-,9?/m1/s1. The Labute approximate surface area is 96.0 Å². The van der Waals surface area contributed by atoms with Crippen LogP contribution in [0.25, 0.3) is 0 Å². The summed E-state index contributed by atoms with van der Waals surface area (Å²) in [5.74, 6) is 0. The summed E-state index contributed by atoms with van der Waals surface area (Å²) in [6.07, 6.45) is 0.250.